The molecular formula is C13H26N2. The second-order valence-corrected chi connectivity index (χ2v) is 6.03. The number of nitrogens with two attached hydrogens (primary N) is 1. The molecule has 0 spiro atoms. The number of hydrogen-bond acceptors (Lipinski definition) is 2. The Balaban J connectivity index is 1.78. The van der Waals surface area contributed by atoms with Gasteiger partial charge in [-0.2, -0.15) is 0 Å². The average Bonchev–Trinajstić information content (AvgIpc) is 2.99. The third-order valence-corrected chi connectivity index (χ3v) is 4.58. The highest BCUT2D eigenvalue weighted by atomic mass is 15.1. The molecule has 0 aromatic carbocycles. The predicted molar refractivity (Wildman–Crippen MR) is 64.8 cm³/mol. The van der Waals surface area contributed by atoms with E-state index in [9.17, 15) is 0 Å². The van der Waals surface area contributed by atoms with Gasteiger partial charge in [-0.05, 0) is 63.5 Å². The first-order valence-electron chi connectivity index (χ1n) is 6.55. The molecule has 0 aromatic heterocycles. The Morgan fingerprint density at radius 1 is 1.20 bits per heavy atom. The van der Waals surface area contributed by atoms with Gasteiger partial charge in [0, 0.05) is 12.6 Å². The molecule has 2 N–H and O–H groups in total. The molecule has 2 aliphatic rings. The van der Waals surface area contributed by atoms with Crippen LogP contribution in [0.3, 0.4) is 0 Å². The van der Waals surface area contributed by atoms with E-state index in [0.717, 1.165) is 18.5 Å². The Morgan fingerprint density at radius 2 is 1.80 bits per heavy atom. The van der Waals surface area contributed by atoms with Crippen LogP contribution < -0.4 is 5.73 Å². The standard InChI is InChI=1S/C13H26N2/c1-11-3-5-12(6-4-11)15(2)10-13(9-14)7-8-13/h11-12H,3-10,14H2,1-2H3. The highest BCUT2D eigenvalue weighted by molar-refractivity contribution is 4.97. The summed E-state index contributed by atoms with van der Waals surface area (Å²) < 4.78 is 0. The lowest BCUT2D eigenvalue weighted by Gasteiger charge is -2.35. The first-order chi connectivity index (χ1) is 7.15. The van der Waals surface area contributed by atoms with Crippen LogP contribution in [0.25, 0.3) is 0 Å². The zero-order valence-corrected chi connectivity index (χ0v) is 10.3. The van der Waals surface area contributed by atoms with Gasteiger partial charge in [-0.25, -0.2) is 0 Å². The average molecular weight is 210 g/mol. The maximum absolute atomic E-state index is 5.84. The van der Waals surface area contributed by atoms with Crippen molar-refractivity contribution in [1.29, 1.82) is 0 Å². The Morgan fingerprint density at radius 3 is 2.27 bits per heavy atom. The minimum absolute atomic E-state index is 0.512. The van der Waals surface area contributed by atoms with E-state index in [4.69, 9.17) is 5.73 Å². The Bertz CT molecular complexity index is 203. The van der Waals surface area contributed by atoms with Crippen molar-refractivity contribution in [1.82, 2.24) is 4.90 Å². The van der Waals surface area contributed by atoms with E-state index in [0.29, 0.717) is 5.41 Å². The fourth-order valence-corrected chi connectivity index (χ4v) is 2.94. The zero-order chi connectivity index (χ0) is 10.9. The summed E-state index contributed by atoms with van der Waals surface area (Å²) in [4.78, 5) is 2.59. The van der Waals surface area contributed by atoms with E-state index < -0.39 is 0 Å². The highest BCUT2D eigenvalue weighted by Gasteiger charge is 2.42. The number of nitrogens with zero attached hydrogens (tertiary/aromatic N) is 1. The third kappa shape index (κ3) is 2.73. The van der Waals surface area contributed by atoms with Crippen LogP contribution in [0, 0.1) is 11.3 Å². The van der Waals surface area contributed by atoms with Crippen LogP contribution in [-0.2, 0) is 0 Å². The minimum Gasteiger partial charge on any atom is -0.330 e. The molecule has 0 amide bonds. The number of hydrogen-bond donors (Lipinski definition) is 1. The molecule has 0 saturated heterocycles. The maximum Gasteiger partial charge on any atom is 0.00926 e. The van der Waals surface area contributed by atoms with Gasteiger partial charge in [0.1, 0.15) is 0 Å². The molecular weight excluding hydrogens is 184 g/mol. The lowest BCUT2D eigenvalue weighted by atomic mass is 9.86. The van der Waals surface area contributed by atoms with E-state index >= 15 is 0 Å². The summed E-state index contributed by atoms with van der Waals surface area (Å²) in [7, 11) is 2.30. The third-order valence-electron chi connectivity index (χ3n) is 4.58. The summed E-state index contributed by atoms with van der Waals surface area (Å²) in [5.74, 6) is 0.957. The molecule has 88 valence electrons. The van der Waals surface area contributed by atoms with Gasteiger partial charge in [0.05, 0.1) is 0 Å². The van der Waals surface area contributed by atoms with Crippen molar-refractivity contribution < 1.29 is 0 Å². The summed E-state index contributed by atoms with van der Waals surface area (Å²) in [5.41, 5.74) is 6.35. The van der Waals surface area contributed by atoms with Gasteiger partial charge in [-0.1, -0.05) is 6.92 Å². The molecule has 2 saturated carbocycles. The van der Waals surface area contributed by atoms with Gasteiger partial charge < -0.3 is 10.6 Å². The molecule has 2 fully saturated rings. The Hall–Kier alpha value is -0.0800. The summed E-state index contributed by atoms with van der Waals surface area (Å²) in [6, 6.07) is 0.838. The van der Waals surface area contributed by atoms with Gasteiger partial charge in [-0.15, -0.1) is 0 Å². The topological polar surface area (TPSA) is 29.3 Å². The summed E-state index contributed by atoms with van der Waals surface area (Å²) in [6.07, 6.45) is 8.36. The van der Waals surface area contributed by atoms with Gasteiger partial charge in [0.15, 0.2) is 0 Å². The molecule has 0 atom stereocenters. The van der Waals surface area contributed by atoms with Crippen LogP contribution >= 0.6 is 0 Å². The molecule has 2 rings (SSSR count). The van der Waals surface area contributed by atoms with E-state index in [1.54, 1.807) is 0 Å². The molecule has 0 bridgehead atoms. The van der Waals surface area contributed by atoms with Crippen molar-refractivity contribution in [2.24, 2.45) is 17.1 Å². The first kappa shape index (κ1) is 11.4. The van der Waals surface area contributed by atoms with Gasteiger partial charge in [0.25, 0.3) is 0 Å². The summed E-state index contributed by atoms with van der Waals surface area (Å²) in [6.45, 7) is 4.52. The van der Waals surface area contributed by atoms with Gasteiger partial charge >= 0.3 is 0 Å². The first-order valence-corrected chi connectivity index (χ1v) is 6.55. The van der Waals surface area contributed by atoms with Crippen LogP contribution in [0.4, 0.5) is 0 Å². The molecule has 2 heteroatoms. The fraction of sp³-hybridized carbons (Fsp3) is 1.00. The quantitative estimate of drug-likeness (QED) is 0.771. The highest BCUT2D eigenvalue weighted by Crippen LogP contribution is 2.45. The number of rotatable bonds is 4. The molecule has 2 aliphatic carbocycles. The van der Waals surface area contributed by atoms with E-state index in [-0.39, 0.29) is 0 Å². The zero-order valence-electron chi connectivity index (χ0n) is 10.3. The van der Waals surface area contributed by atoms with Gasteiger partial charge in [0.2, 0.25) is 0 Å². The van der Waals surface area contributed by atoms with Crippen molar-refractivity contribution in [3.05, 3.63) is 0 Å². The Kier molecular flexibility index (Phi) is 3.36. The monoisotopic (exact) mass is 210 g/mol. The SMILES string of the molecule is CC1CCC(N(C)CC2(CN)CC2)CC1. The van der Waals surface area contributed by atoms with Crippen LogP contribution in [0.15, 0.2) is 0 Å². The fourth-order valence-electron chi connectivity index (χ4n) is 2.94. The summed E-state index contributed by atoms with van der Waals surface area (Å²) in [5, 5.41) is 0. The van der Waals surface area contributed by atoms with Gasteiger partial charge in [-0.3, -0.25) is 0 Å². The van der Waals surface area contributed by atoms with Crippen LogP contribution in [-0.4, -0.2) is 31.1 Å². The van der Waals surface area contributed by atoms with E-state index in [2.05, 4.69) is 18.9 Å². The largest absolute Gasteiger partial charge is 0.330 e. The predicted octanol–water partition coefficient (Wildman–Crippen LogP) is 2.24. The molecule has 15 heavy (non-hydrogen) atoms. The minimum atomic E-state index is 0.512. The lowest BCUT2D eigenvalue weighted by molar-refractivity contribution is 0.145. The van der Waals surface area contributed by atoms with Crippen molar-refractivity contribution in [3.8, 4) is 0 Å². The Labute approximate surface area is 94.2 Å². The normalized spacial score (nSPS) is 34.4. The van der Waals surface area contributed by atoms with Crippen LogP contribution in [0.2, 0.25) is 0 Å². The molecule has 0 aromatic rings. The molecule has 0 unspecified atom stereocenters. The molecule has 0 radical (unpaired) electrons. The van der Waals surface area contributed by atoms with Crippen molar-refractivity contribution in [2.45, 2.75) is 51.5 Å². The molecule has 2 nitrogen and oxygen atoms in total. The van der Waals surface area contributed by atoms with Crippen LogP contribution in [0.1, 0.15) is 45.4 Å². The maximum atomic E-state index is 5.84. The molecule has 0 aliphatic heterocycles. The van der Waals surface area contributed by atoms with Crippen molar-refractivity contribution in [2.75, 3.05) is 20.1 Å². The second kappa shape index (κ2) is 4.42. The van der Waals surface area contributed by atoms with Crippen molar-refractivity contribution >= 4 is 0 Å². The smallest absolute Gasteiger partial charge is 0.00926 e. The van der Waals surface area contributed by atoms with E-state index in [1.165, 1.54) is 45.1 Å². The lowest BCUT2D eigenvalue weighted by Crippen LogP contribution is -2.40. The molecule has 0 heterocycles. The second-order valence-electron chi connectivity index (χ2n) is 6.03. The summed E-state index contributed by atoms with van der Waals surface area (Å²) >= 11 is 0. The van der Waals surface area contributed by atoms with Crippen molar-refractivity contribution in [3.63, 3.8) is 0 Å². The van der Waals surface area contributed by atoms with Crippen LogP contribution in [0.5, 0.6) is 0 Å². The van der Waals surface area contributed by atoms with E-state index in [1.807, 2.05) is 0 Å².